The molecule has 0 amide bonds. The Balaban J connectivity index is 2.09. The van der Waals surface area contributed by atoms with Gasteiger partial charge in [0.2, 0.25) is 0 Å². The highest BCUT2D eigenvalue weighted by molar-refractivity contribution is 6.36. The van der Waals surface area contributed by atoms with E-state index in [0.29, 0.717) is 27.1 Å². The van der Waals surface area contributed by atoms with Crippen LogP contribution in [0.3, 0.4) is 0 Å². The van der Waals surface area contributed by atoms with E-state index in [1.165, 1.54) is 19.2 Å². The maximum Gasteiger partial charge on any atom is 0.416 e. The fourth-order valence-corrected chi connectivity index (χ4v) is 2.88. The first kappa shape index (κ1) is 17.3. The smallest absolute Gasteiger partial charge is 0.416 e. The quantitative estimate of drug-likeness (QED) is 0.524. The van der Waals surface area contributed by atoms with Crippen LogP contribution in [0, 0.1) is 0 Å². The Hall–Kier alpha value is -2.53. The van der Waals surface area contributed by atoms with Gasteiger partial charge in [0.25, 0.3) is 0 Å². The molecule has 3 aromatic carbocycles. The first-order chi connectivity index (χ1) is 11.8. The van der Waals surface area contributed by atoms with Gasteiger partial charge < -0.3 is 4.74 Å². The lowest BCUT2D eigenvalue weighted by Gasteiger charge is -2.10. The van der Waals surface area contributed by atoms with Crippen LogP contribution in [0.2, 0.25) is 5.02 Å². The largest absolute Gasteiger partial charge is 0.465 e. The average molecular weight is 365 g/mol. The van der Waals surface area contributed by atoms with Crippen molar-refractivity contribution in [3.63, 3.8) is 0 Å². The van der Waals surface area contributed by atoms with Crippen LogP contribution >= 0.6 is 11.6 Å². The van der Waals surface area contributed by atoms with Crippen LogP contribution in [-0.4, -0.2) is 13.1 Å². The molecule has 2 nitrogen and oxygen atoms in total. The van der Waals surface area contributed by atoms with Crippen molar-refractivity contribution in [1.29, 1.82) is 0 Å². The molecule has 0 heterocycles. The van der Waals surface area contributed by atoms with E-state index in [1.807, 2.05) is 0 Å². The molecule has 0 radical (unpaired) electrons. The Bertz CT molecular complexity index is 947. The maximum absolute atomic E-state index is 12.7. The summed E-state index contributed by atoms with van der Waals surface area (Å²) in [6.07, 6.45) is -4.38. The summed E-state index contributed by atoms with van der Waals surface area (Å²) < 4.78 is 42.7. The van der Waals surface area contributed by atoms with Crippen LogP contribution in [0.5, 0.6) is 0 Å². The molecular formula is C19H12ClF3O2. The molecule has 0 unspecified atom stereocenters. The minimum Gasteiger partial charge on any atom is -0.465 e. The Labute approximate surface area is 146 Å². The molecule has 0 aliphatic heterocycles. The molecule has 128 valence electrons. The zero-order chi connectivity index (χ0) is 18.2. The molecule has 3 rings (SSSR count). The number of hydrogen-bond acceptors (Lipinski definition) is 2. The highest BCUT2D eigenvalue weighted by Gasteiger charge is 2.30. The molecule has 0 aliphatic rings. The van der Waals surface area contributed by atoms with E-state index in [-0.39, 0.29) is 0 Å². The van der Waals surface area contributed by atoms with Gasteiger partial charge in [0.1, 0.15) is 0 Å². The number of alkyl halides is 3. The van der Waals surface area contributed by atoms with Crippen molar-refractivity contribution in [2.75, 3.05) is 7.11 Å². The number of ether oxygens (including phenoxy) is 1. The van der Waals surface area contributed by atoms with Crippen molar-refractivity contribution in [1.82, 2.24) is 0 Å². The molecule has 0 saturated heterocycles. The Morgan fingerprint density at radius 2 is 1.64 bits per heavy atom. The van der Waals surface area contributed by atoms with Gasteiger partial charge in [0.05, 0.1) is 18.2 Å². The lowest BCUT2D eigenvalue weighted by Crippen LogP contribution is -2.04. The summed E-state index contributed by atoms with van der Waals surface area (Å²) in [4.78, 5) is 11.7. The highest BCUT2D eigenvalue weighted by atomic mass is 35.5. The number of benzene rings is 3. The molecule has 0 atom stereocenters. The third kappa shape index (κ3) is 3.46. The minimum atomic E-state index is -4.38. The van der Waals surface area contributed by atoms with Crippen molar-refractivity contribution >= 4 is 28.3 Å². The molecule has 0 fully saturated rings. The zero-order valence-corrected chi connectivity index (χ0v) is 13.8. The monoisotopic (exact) mass is 364 g/mol. The third-order valence-electron chi connectivity index (χ3n) is 3.87. The van der Waals surface area contributed by atoms with Gasteiger partial charge in [-0.3, -0.25) is 0 Å². The van der Waals surface area contributed by atoms with Gasteiger partial charge in [-0.05, 0) is 52.9 Å². The molecule has 0 aromatic heterocycles. The van der Waals surface area contributed by atoms with Gasteiger partial charge in [-0.2, -0.15) is 13.2 Å². The summed E-state index contributed by atoms with van der Waals surface area (Å²) in [7, 11) is 1.29. The number of rotatable bonds is 2. The number of methoxy groups -OCH3 is 1. The molecular weight excluding hydrogens is 353 g/mol. The number of esters is 1. The summed E-state index contributed by atoms with van der Waals surface area (Å²) in [5.41, 5.74) is 0.917. The molecule has 0 N–H and O–H groups in total. The number of carbonyl (C=O) groups is 1. The topological polar surface area (TPSA) is 26.3 Å². The number of hydrogen-bond donors (Lipinski definition) is 0. The molecule has 0 spiro atoms. The molecule has 0 aliphatic carbocycles. The van der Waals surface area contributed by atoms with Crippen molar-refractivity contribution in [2.24, 2.45) is 0 Å². The molecule has 3 aromatic rings. The zero-order valence-electron chi connectivity index (χ0n) is 13.0. The summed E-state index contributed by atoms with van der Waals surface area (Å²) in [5, 5.41) is 1.89. The third-order valence-corrected chi connectivity index (χ3v) is 4.18. The molecule has 6 heteroatoms. The average Bonchev–Trinajstić information content (AvgIpc) is 2.59. The standard InChI is InChI=1S/C19H12ClF3O2/c1-25-18(24)12-4-7-16-14(8-12)9-13(10-17(16)20)11-2-5-15(6-3-11)19(21,22)23/h2-10H,1H3. The van der Waals surface area contributed by atoms with Gasteiger partial charge in [-0.25, -0.2) is 4.79 Å². The number of carbonyl (C=O) groups excluding carboxylic acids is 1. The SMILES string of the molecule is COC(=O)c1ccc2c(Cl)cc(-c3ccc(C(F)(F)F)cc3)cc2c1. The lowest BCUT2D eigenvalue weighted by atomic mass is 9.99. The predicted molar refractivity (Wildman–Crippen MR) is 90.7 cm³/mol. The summed E-state index contributed by atoms with van der Waals surface area (Å²) in [5.74, 6) is -0.474. The first-order valence-corrected chi connectivity index (χ1v) is 7.66. The van der Waals surface area contributed by atoms with E-state index in [2.05, 4.69) is 0 Å². The predicted octanol–water partition coefficient (Wildman–Crippen LogP) is 5.97. The maximum atomic E-state index is 12.7. The van der Waals surface area contributed by atoms with Gasteiger partial charge in [-0.1, -0.05) is 29.8 Å². The molecule has 0 bridgehead atoms. The van der Waals surface area contributed by atoms with E-state index in [9.17, 15) is 18.0 Å². The van der Waals surface area contributed by atoms with E-state index in [4.69, 9.17) is 16.3 Å². The van der Waals surface area contributed by atoms with Crippen LogP contribution in [0.25, 0.3) is 21.9 Å². The van der Waals surface area contributed by atoms with Crippen molar-refractivity contribution in [2.45, 2.75) is 6.18 Å². The van der Waals surface area contributed by atoms with Crippen LogP contribution in [0.15, 0.2) is 54.6 Å². The Morgan fingerprint density at radius 1 is 0.960 bits per heavy atom. The first-order valence-electron chi connectivity index (χ1n) is 7.29. The molecule has 25 heavy (non-hydrogen) atoms. The van der Waals surface area contributed by atoms with E-state index in [1.54, 1.807) is 30.3 Å². The van der Waals surface area contributed by atoms with E-state index >= 15 is 0 Å². The van der Waals surface area contributed by atoms with E-state index < -0.39 is 17.7 Å². The van der Waals surface area contributed by atoms with Crippen molar-refractivity contribution in [3.05, 3.63) is 70.7 Å². The number of fused-ring (bicyclic) bond motifs is 1. The summed E-state index contributed by atoms with van der Waals surface area (Å²) in [6.45, 7) is 0. The van der Waals surface area contributed by atoms with Crippen LogP contribution in [0.1, 0.15) is 15.9 Å². The fraction of sp³-hybridized carbons (Fsp3) is 0.105. The van der Waals surface area contributed by atoms with Crippen LogP contribution in [0.4, 0.5) is 13.2 Å². The van der Waals surface area contributed by atoms with Crippen molar-refractivity contribution in [3.8, 4) is 11.1 Å². The van der Waals surface area contributed by atoms with Gasteiger partial charge in [-0.15, -0.1) is 0 Å². The second-order valence-corrected chi connectivity index (χ2v) is 5.87. The second kappa shape index (κ2) is 6.41. The second-order valence-electron chi connectivity index (χ2n) is 5.46. The van der Waals surface area contributed by atoms with E-state index in [0.717, 1.165) is 17.5 Å². The van der Waals surface area contributed by atoms with Crippen LogP contribution < -0.4 is 0 Å². The minimum absolute atomic E-state index is 0.371. The number of halogens is 4. The molecule has 0 saturated carbocycles. The van der Waals surface area contributed by atoms with Gasteiger partial charge >= 0.3 is 12.1 Å². The Morgan fingerprint density at radius 3 is 2.24 bits per heavy atom. The normalized spacial score (nSPS) is 11.6. The van der Waals surface area contributed by atoms with Crippen LogP contribution in [-0.2, 0) is 10.9 Å². The van der Waals surface area contributed by atoms with Gasteiger partial charge in [0.15, 0.2) is 0 Å². The lowest BCUT2D eigenvalue weighted by molar-refractivity contribution is -0.137. The van der Waals surface area contributed by atoms with Crippen molar-refractivity contribution < 1.29 is 22.7 Å². The summed E-state index contributed by atoms with van der Waals surface area (Å²) in [6, 6.07) is 13.3. The van der Waals surface area contributed by atoms with Gasteiger partial charge in [0, 0.05) is 10.4 Å². The Kier molecular flexibility index (Phi) is 4.43. The summed E-state index contributed by atoms with van der Waals surface area (Å²) >= 11 is 6.29. The fourth-order valence-electron chi connectivity index (χ4n) is 2.59. The highest BCUT2D eigenvalue weighted by Crippen LogP contribution is 2.34.